The molecular weight excluding hydrogens is 385 g/mol. The number of nitrogens with one attached hydrogen (secondary N) is 1. The number of hydrogen-bond acceptors (Lipinski definition) is 5. The fourth-order valence-electron chi connectivity index (χ4n) is 3.15. The topological polar surface area (TPSA) is 63.7 Å². The van der Waals surface area contributed by atoms with Gasteiger partial charge < -0.3 is 14.8 Å². The quantitative estimate of drug-likeness (QED) is 0.607. The van der Waals surface area contributed by atoms with Crippen molar-refractivity contribution in [3.8, 4) is 16.9 Å². The Kier molecular flexibility index (Phi) is 8.80. The van der Waals surface area contributed by atoms with Crippen LogP contribution in [0, 0.1) is 0 Å². The van der Waals surface area contributed by atoms with E-state index in [0.717, 1.165) is 49.7 Å². The molecule has 1 aliphatic rings. The van der Waals surface area contributed by atoms with Gasteiger partial charge in [-0.1, -0.05) is 24.3 Å². The number of benzene rings is 1. The van der Waals surface area contributed by atoms with Crippen molar-refractivity contribution in [2.75, 3.05) is 46.0 Å². The maximum absolute atomic E-state index is 11.9. The van der Waals surface area contributed by atoms with Crippen molar-refractivity contribution in [1.29, 1.82) is 0 Å². The van der Waals surface area contributed by atoms with Crippen LogP contribution in [0.5, 0.6) is 5.75 Å². The predicted molar refractivity (Wildman–Crippen MR) is 114 cm³/mol. The van der Waals surface area contributed by atoms with Crippen LogP contribution in [0.3, 0.4) is 0 Å². The third-order valence-electron chi connectivity index (χ3n) is 4.86. The zero-order chi connectivity index (χ0) is 21.0. The van der Waals surface area contributed by atoms with E-state index in [1.165, 1.54) is 6.08 Å². The van der Waals surface area contributed by atoms with Crippen LogP contribution in [0.25, 0.3) is 11.1 Å². The van der Waals surface area contributed by atoms with E-state index in [9.17, 15) is 9.18 Å². The third kappa shape index (κ3) is 7.24. The fourth-order valence-corrected chi connectivity index (χ4v) is 3.15. The van der Waals surface area contributed by atoms with Crippen LogP contribution in [0.15, 0.2) is 55.0 Å². The monoisotopic (exact) mass is 413 g/mol. The molecule has 7 heteroatoms. The van der Waals surface area contributed by atoms with Crippen LogP contribution in [-0.4, -0.2) is 61.8 Å². The number of nitrogens with zero attached hydrogens (tertiary/aromatic N) is 2. The number of pyridine rings is 1. The van der Waals surface area contributed by atoms with Crippen molar-refractivity contribution in [2.45, 2.75) is 12.8 Å². The van der Waals surface area contributed by atoms with Crippen molar-refractivity contribution < 1.29 is 18.7 Å². The summed E-state index contributed by atoms with van der Waals surface area (Å²) in [5.74, 6) is 0.719. The molecular formula is C23H28FN3O3. The zero-order valence-corrected chi connectivity index (χ0v) is 17.1. The predicted octanol–water partition coefficient (Wildman–Crippen LogP) is 2.99. The zero-order valence-electron chi connectivity index (χ0n) is 17.1. The van der Waals surface area contributed by atoms with E-state index in [4.69, 9.17) is 9.47 Å². The van der Waals surface area contributed by atoms with Gasteiger partial charge in [0.25, 0.3) is 0 Å². The molecule has 1 N–H and O–H groups in total. The Morgan fingerprint density at radius 1 is 1.17 bits per heavy atom. The minimum Gasteiger partial charge on any atom is -0.492 e. The molecule has 0 radical (unpaired) electrons. The van der Waals surface area contributed by atoms with Gasteiger partial charge in [-0.2, -0.15) is 0 Å². The number of hydrogen-bond donors (Lipinski definition) is 1. The van der Waals surface area contributed by atoms with Gasteiger partial charge in [0.05, 0.1) is 26.0 Å². The van der Waals surface area contributed by atoms with Gasteiger partial charge in [0, 0.05) is 43.6 Å². The maximum Gasteiger partial charge on any atom is 0.226 e. The second kappa shape index (κ2) is 12.0. The van der Waals surface area contributed by atoms with Gasteiger partial charge >= 0.3 is 0 Å². The molecule has 0 spiro atoms. The molecule has 0 aliphatic carbocycles. The number of halogens is 1. The summed E-state index contributed by atoms with van der Waals surface area (Å²) in [4.78, 5) is 18.6. The Hall–Kier alpha value is -2.77. The van der Waals surface area contributed by atoms with Crippen LogP contribution in [0.2, 0.25) is 0 Å². The first-order valence-electron chi connectivity index (χ1n) is 10.2. The summed E-state index contributed by atoms with van der Waals surface area (Å²) < 4.78 is 23.1. The Bertz CT molecular complexity index is 803. The van der Waals surface area contributed by atoms with Crippen molar-refractivity contribution in [3.63, 3.8) is 0 Å². The van der Waals surface area contributed by atoms with Crippen LogP contribution in [-0.2, 0) is 16.0 Å². The number of carbonyl (C=O) groups excluding carboxylic acids is 1. The van der Waals surface area contributed by atoms with Crippen LogP contribution < -0.4 is 10.1 Å². The Balaban J connectivity index is 1.44. The first kappa shape index (κ1) is 21.9. The summed E-state index contributed by atoms with van der Waals surface area (Å²) in [7, 11) is 0. The number of ether oxygens (including phenoxy) is 2. The molecule has 0 unspecified atom stereocenters. The average molecular weight is 413 g/mol. The van der Waals surface area contributed by atoms with E-state index in [1.807, 2.05) is 36.4 Å². The van der Waals surface area contributed by atoms with Gasteiger partial charge in [-0.3, -0.25) is 14.7 Å². The maximum atomic E-state index is 11.9. The van der Waals surface area contributed by atoms with Crippen LogP contribution >= 0.6 is 0 Å². The number of aromatic nitrogens is 1. The largest absolute Gasteiger partial charge is 0.492 e. The van der Waals surface area contributed by atoms with E-state index in [0.29, 0.717) is 31.6 Å². The molecule has 0 bridgehead atoms. The molecule has 3 rings (SSSR count). The second-order valence-corrected chi connectivity index (χ2v) is 7.04. The molecule has 2 heterocycles. The van der Waals surface area contributed by atoms with Gasteiger partial charge in [-0.15, -0.1) is 0 Å². The Morgan fingerprint density at radius 3 is 2.63 bits per heavy atom. The summed E-state index contributed by atoms with van der Waals surface area (Å²) in [5, 5.41) is 2.74. The highest BCUT2D eigenvalue weighted by molar-refractivity contribution is 5.78. The normalized spacial score (nSPS) is 14.7. The third-order valence-corrected chi connectivity index (χ3v) is 4.86. The van der Waals surface area contributed by atoms with Crippen LogP contribution in [0.1, 0.15) is 12.1 Å². The van der Waals surface area contributed by atoms with Crippen molar-refractivity contribution in [3.05, 3.63) is 60.7 Å². The van der Waals surface area contributed by atoms with Crippen LogP contribution in [0.4, 0.5) is 4.39 Å². The standard InChI is InChI=1S/C23H28FN3O3/c24-9-1-2-10-25-23(28)17-21-6-3-20(18-26-21)19-4-7-22(8-5-19)30-16-13-27-11-14-29-15-12-27/h1,3-9,18H,2,10-17H2,(H,25,28)/b9-1+. The van der Waals surface area contributed by atoms with E-state index < -0.39 is 0 Å². The summed E-state index contributed by atoms with van der Waals surface area (Å²) in [6, 6.07) is 11.7. The molecule has 1 aliphatic heterocycles. The first-order valence-corrected chi connectivity index (χ1v) is 10.2. The molecule has 6 nitrogen and oxygen atoms in total. The molecule has 1 aromatic heterocycles. The summed E-state index contributed by atoms with van der Waals surface area (Å²) in [5.41, 5.74) is 2.71. The lowest BCUT2D eigenvalue weighted by molar-refractivity contribution is -0.120. The van der Waals surface area contributed by atoms with E-state index in [1.54, 1.807) is 6.20 Å². The minimum absolute atomic E-state index is 0.124. The SMILES string of the molecule is O=C(Cc1ccc(-c2ccc(OCCN3CCOCC3)cc2)cn1)NCC/C=C/F. The lowest BCUT2D eigenvalue weighted by Crippen LogP contribution is -2.38. The number of morpholine rings is 1. The first-order chi connectivity index (χ1) is 14.7. The lowest BCUT2D eigenvalue weighted by atomic mass is 10.1. The Morgan fingerprint density at radius 2 is 1.93 bits per heavy atom. The van der Waals surface area contributed by atoms with Crippen molar-refractivity contribution in [2.24, 2.45) is 0 Å². The van der Waals surface area contributed by atoms with Crippen molar-refractivity contribution >= 4 is 5.91 Å². The second-order valence-electron chi connectivity index (χ2n) is 7.04. The molecule has 1 saturated heterocycles. The molecule has 1 aromatic carbocycles. The summed E-state index contributed by atoms with van der Waals surface area (Å²) in [6.45, 7) is 5.48. The molecule has 0 atom stereocenters. The fraction of sp³-hybridized carbons (Fsp3) is 0.391. The molecule has 30 heavy (non-hydrogen) atoms. The van der Waals surface area contributed by atoms with E-state index in [-0.39, 0.29) is 12.3 Å². The minimum atomic E-state index is -0.124. The summed E-state index contributed by atoms with van der Waals surface area (Å²) in [6.07, 6.45) is 4.30. The highest BCUT2D eigenvalue weighted by Crippen LogP contribution is 2.22. The smallest absolute Gasteiger partial charge is 0.226 e. The molecule has 1 fully saturated rings. The van der Waals surface area contributed by atoms with Gasteiger partial charge in [0.2, 0.25) is 5.91 Å². The summed E-state index contributed by atoms with van der Waals surface area (Å²) >= 11 is 0. The average Bonchev–Trinajstić information content (AvgIpc) is 2.79. The number of amides is 1. The number of rotatable bonds is 10. The molecule has 2 aromatic rings. The lowest BCUT2D eigenvalue weighted by Gasteiger charge is -2.26. The van der Waals surface area contributed by atoms with E-state index >= 15 is 0 Å². The van der Waals surface area contributed by atoms with E-state index in [2.05, 4.69) is 15.2 Å². The Labute approximate surface area is 176 Å². The molecule has 0 saturated carbocycles. The highest BCUT2D eigenvalue weighted by atomic mass is 19.1. The van der Waals surface area contributed by atoms with Gasteiger partial charge in [-0.25, -0.2) is 4.39 Å². The van der Waals surface area contributed by atoms with Gasteiger partial charge in [0.1, 0.15) is 12.4 Å². The van der Waals surface area contributed by atoms with Gasteiger partial charge in [0.15, 0.2) is 0 Å². The molecule has 1 amide bonds. The number of carbonyl (C=O) groups is 1. The highest BCUT2D eigenvalue weighted by Gasteiger charge is 2.10. The molecule has 160 valence electrons. The van der Waals surface area contributed by atoms with Gasteiger partial charge in [-0.05, 0) is 30.2 Å². The van der Waals surface area contributed by atoms with Crippen molar-refractivity contribution in [1.82, 2.24) is 15.2 Å².